The maximum Gasteiger partial charge on any atom is 0.255 e. The van der Waals surface area contributed by atoms with Gasteiger partial charge in [-0.2, -0.15) is 0 Å². The van der Waals surface area contributed by atoms with Gasteiger partial charge >= 0.3 is 0 Å². The fraction of sp³-hybridized carbons (Fsp3) is 0.206. The quantitative estimate of drug-likeness (QED) is 0.143. The van der Waals surface area contributed by atoms with E-state index in [1.165, 1.54) is 28.1 Å². The molecule has 7 rings (SSSR count). The SMILES string of the molecule is CNC(=O)c1c(-c2ccc(F)cc2)oc2cc(N(C)S(C)(=O)=C3CC3)ccc12.CSc1ncc(C)cc1-c1cc2cncnc2s1. The number of anilines is 1. The Kier molecular flexibility index (Phi) is 8.86. The zero-order valence-electron chi connectivity index (χ0n) is 26.0. The Morgan fingerprint density at radius 3 is 2.52 bits per heavy atom. The number of fused-ring (bicyclic) bond motifs is 2. The van der Waals surface area contributed by atoms with E-state index in [2.05, 4.69) is 39.3 Å². The fourth-order valence-corrected chi connectivity index (χ4v) is 8.44. The van der Waals surface area contributed by atoms with Crippen molar-refractivity contribution in [2.45, 2.75) is 24.8 Å². The Bertz CT molecular complexity index is 2180. The van der Waals surface area contributed by atoms with Crippen LogP contribution in [-0.4, -0.2) is 56.5 Å². The van der Waals surface area contributed by atoms with Gasteiger partial charge in [-0.1, -0.05) is 0 Å². The lowest BCUT2D eigenvalue weighted by molar-refractivity contribution is 0.0964. The second-order valence-corrected chi connectivity index (χ2v) is 15.4. The summed E-state index contributed by atoms with van der Waals surface area (Å²) in [4.78, 5) is 28.6. The molecular weight excluding hydrogens is 642 g/mol. The van der Waals surface area contributed by atoms with Crippen LogP contribution >= 0.6 is 23.1 Å². The van der Waals surface area contributed by atoms with Crippen LogP contribution in [0.5, 0.6) is 0 Å². The van der Waals surface area contributed by atoms with Gasteiger partial charge in [0.25, 0.3) is 5.91 Å². The standard InChI is InChI=1S/C21H21FN2O3S.C13H11N3S2/c1-23-21(25)19-17-11-8-15(24(2)28(3,26)16-9-10-16)12-18(17)27-20(19)13-4-6-14(22)7-5-13;1-8-3-10(13(17-2)15-5-8)11-4-9-6-14-7-16-12(9)18-11/h4-8,11-12H,9-10H2,1-3H3,(H,23,25);3-7H,1-2H3. The first-order valence-corrected chi connectivity index (χ1v) is 18.4. The van der Waals surface area contributed by atoms with Crippen molar-refractivity contribution in [3.63, 3.8) is 0 Å². The maximum atomic E-state index is 13.3. The van der Waals surface area contributed by atoms with Crippen LogP contribution in [0.4, 0.5) is 10.1 Å². The fourth-order valence-electron chi connectivity index (χ4n) is 5.08. The molecule has 1 unspecified atom stereocenters. The van der Waals surface area contributed by atoms with Gasteiger partial charge in [-0.15, -0.1) is 23.1 Å². The summed E-state index contributed by atoms with van der Waals surface area (Å²) >= 11 is 3.35. The van der Waals surface area contributed by atoms with Crippen molar-refractivity contribution in [2.24, 2.45) is 0 Å². The molecule has 1 aliphatic rings. The van der Waals surface area contributed by atoms with Gasteiger partial charge < -0.3 is 14.0 Å². The number of amides is 1. The molecule has 0 radical (unpaired) electrons. The zero-order chi connectivity index (χ0) is 32.6. The lowest BCUT2D eigenvalue weighted by atomic mass is 10.0. The Balaban J connectivity index is 0.000000178. The molecule has 4 aromatic heterocycles. The van der Waals surface area contributed by atoms with Crippen LogP contribution in [0.3, 0.4) is 0 Å². The third kappa shape index (κ3) is 6.24. The summed E-state index contributed by atoms with van der Waals surface area (Å²) < 4.78 is 34.1. The third-order valence-corrected chi connectivity index (χ3v) is 12.3. The molecule has 0 aliphatic heterocycles. The summed E-state index contributed by atoms with van der Waals surface area (Å²) in [6, 6.07) is 15.6. The van der Waals surface area contributed by atoms with Gasteiger partial charge in [0.1, 0.15) is 33.3 Å². The average molecular weight is 674 g/mol. The minimum Gasteiger partial charge on any atom is -0.455 e. The highest BCUT2D eigenvalue weighted by Gasteiger charge is 2.26. The van der Waals surface area contributed by atoms with Crippen molar-refractivity contribution >= 4 is 70.5 Å². The van der Waals surface area contributed by atoms with E-state index >= 15 is 0 Å². The van der Waals surface area contributed by atoms with Gasteiger partial charge in [0.2, 0.25) is 0 Å². The van der Waals surface area contributed by atoms with Crippen LogP contribution in [0.2, 0.25) is 0 Å². The van der Waals surface area contributed by atoms with Gasteiger partial charge in [-0.05, 0) is 80.1 Å². The number of aryl methyl sites for hydroxylation is 1. The number of furan rings is 1. The van der Waals surface area contributed by atoms with E-state index < -0.39 is 9.71 Å². The van der Waals surface area contributed by atoms with Crippen LogP contribution < -0.4 is 9.62 Å². The summed E-state index contributed by atoms with van der Waals surface area (Å²) in [5, 5.41) is 5.43. The Morgan fingerprint density at radius 2 is 1.85 bits per heavy atom. The number of carbonyl (C=O) groups is 1. The second kappa shape index (κ2) is 12.9. The van der Waals surface area contributed by atoms with E-state index in [1.807, 2.05) is 24.7 Å². The van der Waals surface area contributed by atoms with Crippen molar-refractivity contribution in [1.29, 1.82) is 0 Å². The van der Waals surface area contributed by atoms with Crippen LogP contribution in [0.1, 0.15) is 28.8 Å². The summed E-state index contributed by atoms with van der Waals surface area (Å²) in [6.07, 6.45) is 11.0. The number of rotatable bonds is 6. The minimum absolute atomic E-state index is 0.285. The lowest BCUT2D eigenvalue weighted by Gasteiger charge is -2.22. The number of nitrogens with one attached hydrogen (secondary N) is 1. The third-order valence-electron chi connectivity index (χ3n) is 7.75. The number of halogens is 1. The first-order valence-electron chi connectivity index (χ1n) is 14.4. The molecule has 0 saturated heterocycles. The number of benzene rings is 2. The highest BCUT2D eigenvalue weighted by molar-refractivity contribution is 8.03. The molecule has 8 nitrogen and oxygen atoms in total. The van der Waals surface area contributed by atoms with Crippen molar-refractivity contribution in [3.05, 3.63) is 90.3 Å². The number of hydrogen-bond donors (Lipinski definition) is 1. The van der Waals surface area contributed by atoms with Crippen LogP contribution in [0, 0.1) is 12.7 Å². The monoisotopic (exact) mass is 673 g/mol. The van der Waals surface area contributed by atoms with Crippen molar-refractivity contribution in [1.82, 2.24) is 20.3 Å². The molecule has 46 heavy (non-hydrogen) atoms. The van der Waals surface area contributed by atoms with Gasteiger partial charge in [0.05, 0.1) is 21.0 Å². The molecule has 0 bridgehead atoms. The number of pyridine rings is 1. The zero-order valence-corrected chi connectivity index (χ0v) is 28.4. The topological polar surface area (TPSA) is 101 Å². The number of aromatic nitrogens is 3. The largest absolute Gasteiger partial charge is 0.455 e. The molecule has 4 heterocycles. The van der Waals surface area contributed by atoms with Gasteiger partial charge in [-0.3, -0.25) is 4.79 Å². The highest BCUT2D eigenvalue weighted by Crippen LogP contribution is 2.38. The molecule has 1 fully saturated rings. The Hall–Kier alpha value is -4.26. The highest BCUT2D eigenvalue weighted by atomic mass is 32.2. The molecule has 1 saturated carbocycles. The molecule has 6 aromatic rings. The molecule has 1 atom stereocenters. The summed E-state index contributed by atoms with van der Waals surface area (Å²) in [7, 11) is 1.12. The van der Waals surface area contributed by atoms with E-state index in [4.69, 9.17) is 4.42 Å². The van der Waals surface area contributed by atoms with E-state index in [0.717, 1.165) is 38.6 Å². The first-order chi connectivity index (χ1) is 22.1. The molecule has 0 spiro atoms. The van der Waals surface area contributed by atoms with Crippen LogP contribution in [-0.2, 0) is 9.71 Å². The summed E-state index contributed by atoms with van der Waals surface area (Å²) in [5.74, 6) is -0.268. The molecule has 2 aromatic carbocycles. The smallest absolute Gasteiger partial charge is 0.255 e. The summed E-state index contributed by atoms with van der Waals surface area (Å²) in [6.45, 7) is 2.06. The molecule has 1 aliphatic carbocycles. The number of carbonyl (C=O) groups excluding carboxylic acids is 1. The van der Waals surface area contributed by atoms with E-state index in [0.29, 0.717) is 27.9 Å². The molecule has 236 valence electrons. The number of thioether (sulfide) groups is 1. The van der Waals surface area contributed by atoms with E-state index in [1.54, 1.807) is 78.3 Å². The number of thiophene rings is 1. The van der Waals surface area contributed by atoms with Crippen LogP contribution in [0.25, 0.3) is 43.0 Å². The normalized spacial score (nSPS) is 13.7. The maximum absolute atomic E-state index is 13.3. The van der Waals surface area contributed by atoms with Gasteiger partial charge in [-0.25, -0.2) is 23.6 Å². The predicted octanol–water partition coefficient (Wildman–Crippen LogP) is 7.61. The molecule has 12 heteroatoms. The van der Waals surface area contributed by atoms with Gasteiger partial charge in [0.15, 0.2) is 0 Å². The average Bonchev–Trinajstić information content (AvgIpc) is 3.74. The lowest BCUT2D eigenvalue weighted by Crippen LogP contribution is -2.27. The van der Waals surface area contributed by atoms with E-state index in [9.17, 15) is 13.4 Å². The minimum atomic E-state index is -2.23. The van der Waals surface area contributed by atoms with Crippen molar-refractivity contribution < 1.29 is 17.8 Å². The molecule has 1 N–H and O–H groups in total. The van der Waals surface area contributed by atoms with E-state index in [-0.39, 0.29) is 11.7 Å². The summed E-state index contributed by atoms with van der Waals surface area (Å²) in [5.41, 5.74) is 4.63. The molecule has 1 amide bonds. The second-order valence-electron chi connectivity index (χ2n) is 10.9. The predicted molar refractivity (Wildman–Crippen MR) is 189 cm³/mol. The van der Waals surface area contributed by atoms with Crippen molar-refractivity contribution in [3.8, 4) is 21.8 Å². The van der Waals surface area contributed by atoms with Crippen LogP contribution in [0.15, 0.2) is 82.8 Å². The molecular formula is C34H32FN5O3S3. The van der Waals surface area contributed by atoms with Gasteiger partial charge in [0, 0.05) is 70.5 Å². The number of hydrogen-bond acceptors (Lipinski definition) is 8. The Labute approximate surface area is 275 Å². The van der Waals surface area contributed by atoms with Crippen molar-refractivity contribution in [2.75, 3.05) is 30.9 Å². The number of nitrogens with zero attached hydrogens (tertiary/aromatic N) is 4. The first kappa shape index (κ1) is 31.7. The Morgan fingerprint density at radius 1 is 1.09 bits per heavy atom.